The van der Waals surface area contributed by atoms with Gasteiger partial charge in [0.15, 0.2) is 11.6 Å². The van der Waals surface area contributed by atoms with E-state index >= 15 is 0 Å². The summed E-state index contributed by atoms with van der Waals surface area (Å²) in [6, 6.07) is 7.81. The molecular formula is C14H13BF2O3. The molecule has 104 valence electrons. The minimum atomic E-state index is -1.69. The normalized spacial score (nSPS) is 10.4. The third-order valence-corrected chi connectivity index (χ3v) is 2.94. The average Bonchev–Trinajstić information content (AvgIpc) is 2.39. The van der Waals surface area contributed by atoms with Crippen molar-refractivity contribution in [1.29, 1.82) is 0 Å². The zero-order valence-corrected chi connectivity index (χ0v) is 10.8. The molecule has 20 heavy (non-hydrogen) atoms. The lowest BCUT2D eigenvalue weighted by molar-refractivity contribution is 0.289. The van der Waals surface area contributed by atoms with Crippen LogP contribution >= 0.6 is 0 Å². The lowest BCUT2D eigenvalue weighted by Gasteiger charge is -2.11. The molecule has 2 aromatic rings. The van der Waals surface area contributed by atoms with Crippen molar-refractivity contribution in [3.8, 4) is 5.75 Å². The first-order chi connectivity index (χ1) is 9.47. The number of rotatable bonds is 4. The summed E-state index contributed by atoms with van der Waals surface area (Å²) in [7, 11) is -1.69. The van der Waals surface area contributed by atoms with Crippen molar-refractivity contribution in [3.63, 3.8) is 0 Å². The summed E-state index contributed by atoms with van der Waals surface area (Å²) in [5.74, 6) is -1.03. The number of benzene rings is 2. The second kappa shape index (κ2) is 6.03. The van der Waals surface area contributed by atoms with E-state index in [2.05, 4.69) is 0 Å². The Morgan fingerprint density at radius 3 is 2.50 bits per heavy atom. The third kappa shape index (κ3) is 3.34. The van der Waals surface area contributed by atoms with Crippen LogP contribution in [0.3, 0.4) is 0 Å². The van der Waals surface area contributed by atoms with Gasteiger partial charge in [0.2, 0.25) is 0 Å². The molecule has 2 aromatic carbocycles. The van der Waals surface area contributed by atoms with Crippen molar-refractivity contribution in [1.82, 2.24) is 0 Å². The molecule has 2 rings (SSSR count). The molecule has 6 heteroatoms. The van der Waals surface area contributed by atoms with Crippen molar-refractivity contribution in [2.45, 2.75) is 13.5 Å². The molecule has 0 fully saturated rings. The van der Waals surface area contributed by atoms with E-state index in [1.54, 1.807) is 13.0 Å². The molecule has 0 radical (unpaired) electrons. The van der Waals surface area contributed by atoms with E-state index in [4.69, 9.17) is 14.8 Å². The lowest BCUT2D eigenvalue weighted by atomic mass is 9.80. The summed E-state index contributed by atoms with van der Waals surface area (Å²) in [6.07, 6.45) is 0. The molecule has 0 aliphatic heterocycles. The van der Waals surface area contributed by atoms with Gasteiger partial charge in [-0.2, -0.15) is 0 Å². The minimum absolute atomic E-state index is 0.0635. The fourth-order valence-corrected chi connectivity index (χ4v) is 1.77. The van der Waals surface area contributed by atoms with Crippen molar-refractivity contribution in [3.05, 3.63) is 59.2 Å². The second-order valence-corrected chi connectivity index (χ2v) is 4.42. The van der Waals surface area contributed by atoms with Crippen LogP contribution in [0.25, 0.3) is 0 Å². The molecule has 0 saturated carbocycles. The van der Waals surface area contributed by atoms with Gasteiger partial charge in [-0.05, 0) is 47.8 Å². The van der Waals surface area contributed by atoms with Crippen molar-refractivity contribution in [2.75, 3.05) is 0 Å². The van der Waals surface area contributed by atoms with Gasteiger partial charge < -0.3 is 14.8 Å². The number of halogens is 2. The second-order valence-electron chi connectivity index (χ2n) is 4.42. The Morgan fingerprint density at radius 1 is 1.10 bits per heavy atom. The zero-order chi connectivity index (χ0) is 14.7. The monoisotopic (exact) mass is 278 g/mol. The lowest BCUT2D eigenvalue weighted by Crippen LogP contribution is -2.29. The van der Waals surface area contributed by atoms with Crippen LogP contribution in [0.15, 0.2) is 36.4 Å². The van der Waals surface area contributed by atoms with Gasteiger partial charge >= 0.3 is 7.12 Å². The van der Waals surface area contributed by atoms with Crippen LogP contribution in [0.5, 0.6) is 5.75 Å². The predicted octanol–water partition coefficient (Wildman–Crippen LogP) is 1.53. The van der Waals surface area contributed by atoms with E-state index in [0.717, 1.165) is 11.6 Å². The van der Waals surface area contributed by atoms with Crippen LogP contribution in [-0.4, -0.2) is 17.2 Å². The van der Waals surface area contributed by atoms with Gasteiger partial charge in [0, 0.05) is 0 Å². The maximum absolute atomic E-state index is 13.6. The molecular weight excluding hydrogens is 265 g/mol. The predicted molar refractivity (Wildman–Crippen MR) is 71.7 cm³/mol. The van der Waals surface area contributed by atoms with Gasteiger partial charge in [-0.25, -0.2) is 8.78 Å². The van der Waals surface area contributed by atoms with Gasteiger partial charge in [-0.1, -0.05) is 12.1 Å². The number of hydrogen-bond donors (Lipinski definition) is 2. The molecule has 2 N–H and O–H groups in total. The Kier molecular flexibility index (Phi) is 4.37. The van der Waals surface area contributed by atoms with Crippen LogP contribution in [0, 0.1) is 18.6 Å². The van der Waals surface area contributed by atoms with Crippen molar-refractivity contribution >= 4 is 12.6 Å². The molecule has 0 aromatic heterocycles. The quantitative estimate of drug-likeness (QED) is 0.834. The zero-order valence-electron chi connectivity index (χ0n) is 10.8. The molecule has 0 heterocycles. The van der Waals surface area contributed by atoms with Crippen LogP contribution in [0.2, 0.25) is 0 Å². The molecule has 0 spiro atoms. The first-order valence-corrected chi connectivity index (χ1v) is 6.01. The highest BCUT2D eigenvalue weighted by Crippen LogP contribution is 2.18. The Morgan fingerprint density at radius 2 is 1.85 bits per heavy atom. The number of ether oxygens (including phenoxy) is 1. The molecule has 0 aliphatic rings. The van der Waals surface area contributed by atoms with Gasteiger partial charge in [0.25, 0.3) is 0 Å². The summed E-state index contributed by atoms with van der Waals surface area (Å²) >= 11 is 0. The fraction of sp³-hybridized carbons (Fsp3) is 0.143. The van der Waals surface area contributed by atoms with Crippen LogP contribution in [-0.2, 0) is 6.61 Å². The van der Waals surface area contributed by atoms with E-state index in [1.165, 1.54) is 24.3 Å². The van der Waals surface area contributed by atoms with Gasteiger partial charge in [-0.3, -0.25) is 0 Å². The molecule has 0 atom stereocenters. The number of aryl methyl sites for hydroxylation is 1. The number of hydrogen-bond acceptors (Lipinski definition) is 3. The SMILES string of the molecule is Cc1cc(F)ccc1COc1cc(B(O)O)ccc1F. The first-order valence-electron chi connectivity index (χ1n) is 6.01. The third-order valence-electron chi connectivity index (χ3n) is 2.94. The highest BCUT2D eigenvalue weighted by molar-refractivity contribution is 6.58. The molecule has 0 unspecified atom stereocenters. The van der Waals surface area contributed by atoms with Crippen LogP contribution in [0.4, 0.5) is 8.78 Å². The molecule has 3 nitrogen and oxygen atoms in total. The van der Waals surface area contributed by atoms with E-state index in [0.29, 0.717) is 5.56 Å². The first kappa shape index (κ1) is 14.5. The fourth-order valence-electron chi connectivity index (χ4n) is 1.77. The molecule has 0 aliphatic carbocycles. The largest absolute Gasteiger partial charge is 0.488 e. The summed E-state index contributed by atoms with van der Waals surface area (Å²) in [5, 5.41) is 18.1. The highest BCUT2D eigenvalue weighted by Gasteiger charge is 2.14. The Labute approximate surface area is 115 Å². The standard InChI is InChI=1S/C14H13BF2O3/c1-9-6-12(16)4-2-10(9)8-20-14-7-11(15(18)19)3-5-13(14)17/h2-7,18-19H,8H2,1H3. The molecule has 0 bridgehead atoms. The van der Waals surface area contributed by atoms with Crippen molar-refractivity contribution < 1.29 is 23.6 Å². The minimum Gasteiger partial charge on any atom is -0.486 e. The van der Waals surface area contributed by atoms with Crippen LogP contribution < -0.4 is 10.2 Å². The van der Waals surface area contributed by atoms with E-state index in [-0.39, 0.29) is 23.6 Å². The van der Waals surface area contributed by atoms with E-state index < -0.39 is 12.9 Å². The van der Waals surface area contributed by atoms with Gasteiger partial charge in [-0.15, -0.1) is 0 Å². The molecule has 0 saturated heterocycles. The smallest absolute Gasteiger partial charge is 0.486 e. The van der Waals surface area contributed by atoms with Gasteiger partial charge in [0.05, 0.1) is 0 Å². The average molecular weight is 278 g/mol. The summed E-state index contributed by atoms with van der Waals surface area (Å²) in [4.78, 5) is 0. The van der Waals surface area contributed by atoms with E-state index in [9.17, 15) is 8.78 Å². The summed E-state index contributed by atoms with van der Waals surface area (Å²) in [5.41, 5.74) is 1.56. The maximum atomic E-state index is 13.6. The van der Waals surface area contributed by atoms with Crippen molar-refractivity contribution in [2.24, 2.45) is 0 Å². The summed E-state index contributed by atoms with van der Waals surface area (Å²) < 4.78 is 31.8. The highest BCUT2D eigenvalue weighted by atomic mass is 19.1. The van der Waals surface area contributed by atoms with E-state index in [1.807, 2.05) is 0 Å². The van der Waals surface area contributed by atoms with Crippen LogP contribution in [0.1, 0.15) is 11.1 Å². The Hall–Kier alpha value is -1.92. The van der Waals surface area contributed by atoms with Gasteiger partial charge in [0.1, 0.15) is 12.4 Å². The Bertz CT molecular complexity index is 617. The summed E-state index contributed by atoms with van der Waals surface area (Å²) in [6.45, 7) is 1.79. The molecule has 0 amide bonds. The Balaban J connectivity index is 2.16. The topological polar surface area (TPSA) is 49.7 Å². The maximum Gasteiger partial charge on any atom is 0.488 e.